The number of hydrogen-bond acceptors (Lipinski definition) is 2. The first-order valence-corrected chi connectivity index (χ1v) is 8.97. The van der Waals surface area contributed by atoms with Crippen LogP contribution in [0.4, 0.5) is 5.69 Å². The van der Waals surface area contributed by atoms with Gasteiger partial charge < -0.3 is 0 Å². The number of pyridine rings is 1. The average Bonchev–Trinajstić information content (AvgIpc) is 3.02. The highest BCUT2D eigenvalue weighted by Gasteiger charge is 2.15. The largest absolute Gasteiger partial charge is 0.298 e. The van der Waals surface area contributed by atoms with Crippen molar-refractivity contribution in [3.05, 3.63) is 87.6 Å². The molecule has 0 unspecified atom stereocenters. The van der Waals surface area contributed by atoms with Gasteiger partial charge in [-0.2, -0.15) is 0 Å². The van der Waals surface area contributed by atoms with E-state index >= 15 is 0 Å². The fourth-order valence-electron chi connectivity index (χ4n) is 2.68. The molecule has 0 aliphatic rings. The van der Waals surface area contributed by atoms with E-state index in [1.165, 1.54) is 0 Å². The molecular formula is C20H12Cl3N3. The van der Waals surface area contributed by atoms with Crippen LogP contribution in [0.1, 0.15) is 5.69 Å². The van der Waals surface area contributed by atoms with E-state index in [0.717, 1.165) is 28.3 Å². The summed E-state index contributed by atoms with van der Waals surface area (Å²) >= 11 is 18.5. The third-order valence-corrected chi connectivity index (χ3v) is 4.73. The van der Waals surface area contributed by atoms with Crippen LogP contribution in [-0.4, -0.2) is 15.6 Å². The van der Waals surface area contributed by atoms with Gasteiger partial charge in [-0.05, 0) is 54.6 Å². The fourth-order valence-corrected chi connectivity index (χ4v) is 3.18. The van der Waals surface area contributed by atoms with Crippen molar-refractivity contribution in [3.8, 4) is 11.3 Å². The van der Waals surface area contributed by atoms with Crippen LogP contribution in [0.15, 0.2) is 71.9 Å². The molecule has 0 amide bonds. The molecule has 2 heterocycles. The number of benzene rings is 2. The summed E-state index contributed by atoms with van der Waals surface area (Å²) in [5.74, 6) is 0. The Morgan fingerprint density at radius 2 is 1.65 bits per heavy atom. The molecule has 0 atom stereocenters. The van der Waals surface area contributed by atoms with Gasteiger partial charge in [0.2, 0.25) is 0 Å². The third kappa shape index (κ3) is 3.34. The van der Waals surface area contributed by atoms with Gasteiger partial charge in [-0.3, -0.25) is 9.39 Å². The van der Waals surface area contributed by atoms with Crippen molar-refractivity contribution in [1.82, 2.24) is 9.38 Å². The molecule has 4 aromatic rings. The smallest absolute Gasteiger partial charge is 0.137 e. The lowest BCUT2D eigenvalue weighted by molar-refractivity contribution is 1.17. The third-order valence-electron chi connectivity index (χ3n) is 3.91. The van der Waals surface area contributed by atoms with E-state index in [4.69, 9.17) is 39.8 Å². The molecule has 128 valence electrons. The molecule has 2 aromatic heterocycles. The second kappa shape index (κ2) is 7.12. The molecule has 2 aromatic carbocycles. The molecule has 0 radical (unpaired) electrons. The van der Waals surface area contributed by atoms with Gasteiger partial charge in [0.1, 0.15) is 5.65 Å². The summed E-state index contributed by atoms with van der Waals surface area (Å²) < 4.78 is 1.96. The second-order valence-electron chi connectivity index (χ2n) is 5.63. The van der Waals surface area contributed by atoms with E-state index in [-0.39, 0.29) is 0 Å². The maximum atomic E-state index is 6.40. The minimum Gasteiger partial charge on any atom is -0.298 e. The maximum Gasteiger partial charge on any atom is 0.137 e. The summed E-state index contributed by atoms with van der Waals surface area (Å²) in [6.07, 6.45) is 3.71. The SMILES string of the molecule is Clc1ccc(/N=C/c2c(-c3cc(Cl)ccc3Cl)nc3ccccn23)cc1. The standard InChI is InChI=1S/C20H12Cl3N3/c21-13-4-7-15(8-5-13)24-12-18-20(16-11-14(22)6-9-17(16)23)25-19-3-1-2-10-26(18)19/h1-12H/b24-12+. The van der Waals surface area contributed by atoms with Crippen molar-refractivity contribution in [1.29, 1.82) is 0 Å². The van der Waals surface area contributed by atoms with Crippen molar-refractivity contribution in [3.63, 3.8) is 0 Å². The number of hydrogen-bond donors (Lipinski definition) is 0. The van der Waals surface area contributed by atoms with Crippen molar-refractivity contribution >= 4 is 52.4 Å². The molecule has 0 aliphatic carbocycles. The van der Waals surface area contributed by atoms with Gasteiger partial charge in [0.25, 0.3) is 0 Å². The van der Waals surface area contributed by atoms with Gasteiger partial charge in [-0.25, -0.2) is 4.98 Å². The van der Waals surface area contributed by atoms with Crippen LogP contribution in [0.3, 0.4) is 0 Å². The Kier molecular flexibility index (Phi) is 4.68. The quantitative estimate of drug-likeness (QED) is 0.351. The number of halogens is 3. The first kappa shape index (κ1) is 17.1. The second-order valence-corrected chi connectivity index (χ2v) is 6.91. The van der Waals surface area contributed by atoms with Crippen LogP contribution in [0.2, 0.25) is 15.1 Å². The Morgan fingerprint density at radius 3 is 2.46 bits per heavy atom. The predicted molar refractivity (Wildman–Crippen MR) is 109 cm³/mol. The van der Waals surface area contributed by atoms with Crippen molar-refractivity contribution in [2.24, 2.45) is 4.99 Å². The Morgan fingerprint density at radius 1 is 0.885 bits per heavy atom. The summed E-state index contributed by atoms with van der Waals surface area (Å²) in [6, 6.07) is 18.5. The number of rotatable bonds is 3. The van der Waals surface area contributed by atoms with Gasteiger partial charge in [-0.15, -0.1) is 0 Å². The van der Waals surface area contributed by atoms with Gasteiger partial charge in [0.15, 0.2) is 0 Å². The highest BCUT2D eigenvalue weighted by Crippen LogP contribution is 2.32. The van der Waals surface area contributed by atoms with E-state index in [9.17, 15) is 0 Å². The summed E-state index contributed by atoms with van der Waals surface area (Å²) in [6.45, 7) is 0. The zero-order valence-electron chi connectivity index (χ0n) is 13.4. The van der Waals surface area contributed by atoms with Crippen LogP contribution < -0.4 is 0 Å². The molecule has 0 spiro atoms. The van der Waals surface area contributed by atoms with Crippen LogP contribution >= 0.6 is 34.8 Å². The number of aliphatic imine (C=N–C) groups is 1. The summed E-state index contributed by atoms with van der Waals surface area (Å²) in [7, 11) is 0. The Bertz CT molecular complexity index is 1120. The number of nitrogens with zero attached hydrogens (tertiary/aromatic N) is 3. The van der Waals surface area contributed by atoms with Gasteiger partial charge in [-0.1, -0.05) is 40.9 Å². The Labute approximate surface area is 165 Å². The van der Waals surface area contributed by atoms with E-state index in [1.807, 2.05) is 47.0 Å². The average molecular weight is 401 g/mol. The molecule has 0 N–H and O–H groups in total. The molecule has 4 rings (SSSR count). The Hall–Kier alpha value is -2.33. The van der Waals surface area contributed by atoms with E-state index in [0.29, 0.717) is 15.1 Å². The van der Waals surface area contributed by atoms with Gasteiger partial charge in [0, 0.05) is 21.8 Å². The van der Waals surface area contributed by atoms with Crippen LogP contribution in [0.5, 0.6) is 0 Å². The predicted octanol–water partition coefficient (Wildman–Crippen LogP) is 6.71. The van der Waals surface area contributed by atoms with Gasteiger partial charge >= 0.3 is 0 Å². The highest BCUT2D eigenvalue weighted by molar-refractivity contribution is 6.35. The van der Waals surface area contributed by atoms with E-state index < -0.39 is 0 Å². The van der Waals surface area contributed by atoms with Crippen LogP contribution in [-0.2, 0) is 0 Å². The highest BCUT2D eigenvalue weighted by atomic mass is 35.5. The zero-order valence-corrected chi connectivity index (χ0v) is 15.7. The van der Waals surface area contributed by atoms with Crippen molar-refractivity contribution in [2.45, 2.75) is 0 Å². The minimum atomic E-state index is 0.582. The number of fused-ring (bicyclic) bond motifs is 1. The Balaban J connectivity index is 1.89. The van der Waals surface area contributed by atoms with Crippen molar-refractivity contribution < 1.29 is 0 Å². The molecule has 3 nitrogen and oxygen atoms in total. The maximum absolute atomic E-state index is 6.40. The van der Waals surface area contributed by atoms with E-state index in [1.54, 1.807) is 30.5 Å². The summed E-state index contributed by atoms with van der Waals surface area (Å²) in [5.41, 5.74) is 3.90. The molecule has 0 fully saturated rings. The molecule has 26 heavy (non-hydrogen) atoms. The summed E-state index contributed by atoms with van der Waals surface area (Å²) in [4.78, 5) is 9.28. The molecule has 0 bridgehead atoms. The van der Waals surface area contributed by atoms with Crippen LogP contribution in [0.25, 0.3) is 16.9 Å². The first-order chi connectivity index (χ1) is 12.6. The fraction of sp³-hybridized carbons (Fsp3) is 0. The van der Waals surface area contributed by atoms with Crippen LogP contribution in [0, 0.1) is 0 Å². The number of imidazole rings is 1. The van der Waals surface area contributed by atoms with Gasteiger partial charge in [0.05, 0.1) is 28.3 Å². The molecular weight excluding hydrogens is 389 g/mol. The molecule has 6 heteroatoms. The topological polar surface area (TPSA) is 29.7 Å². The van der Waals surface area contributed by atoms with E-state index in [2.05, 4.69) is 4.99 Å². The lowest BCUT2D eigenvalue weighted by Crippen LogP contribution is -1.93. The zero-order chi connectivity index (χ0) is 18.1. The molecule has 0 saturated carbocycles. The minimum absolute atomic E-state index is 0.582. The van der Waals surface area contributed by atoms with Crippen molar-refractivity contribution in [2.75, 3.05) is 0 Å². The lowest BCUT2D eigenvalue weighted by atomic mass is 10.1. The molecule has 0 saturated heterocycles. The molecule has 0 aliphatic heterocycles. The normalized spacial score (nSPS) is 11.5. The summed E-state index contributed by atoms with van der Waals surface area (Å²) in [5, 5.41) is 1.85. The number of aromatic nitrogens is 2. The monoisotopic (exact) mass is 399 g/mol. The first-order valence-electron chi connectivity index (χ1n) is 7.84. The lowest BCUT2D eigenvalue weighted by Gasteiger charge is -2.04.